The first kappa shape index (κ1) is 23.1. The fourth-order valence-electron chi connectivity index (χ4n) is 4.33. The van der Waals surface area contributed by atoms with Crippen LogP contribution in [-0.4, -0.2) is 33.7 Å². The van der Waals surface area contributed by atoms with Gasteiger partial charge in [0.2, 0.25) is 0 Å². The fourth-order valence-corrected chi connectivity index (χ4v) is 6.97. The number of nitrogens with zero attached hydrogens (tertiary/aromatic N) is 1. The first-order chi connectivity index (χ1) is 14.0. The summed E-state index contributed by atoms with van der Waals surface area (Å²) in [4.78, 5) is 19.2. The lowest BCUT2D eigenvalue weighted by molar-refractivity contribution is 0.128. The molecule has 164 valence electrons. The molecule has 9 heteroatoms. The van der Waals surface area contributed by atoms with E-state index < -0.39 is 16.3 Å². The Hall–Kier alpha value is -0.520. The zero-order valence-corrected chi connectivity index (χ0v) is 18.9. The number of benzene rings is 1. The molecule has 0 spiro atoms. The highest BCUT2D eigenvalue weighted by Crippen LogP contribution is 2.60. The summed E-state index contributed by atoms with van der Waals surface area (Å²) in [7, 11) is -4.91. The molecule has 1 aromatic carbocycles. The molecule has 0 amide bonds. The molecule has 0 saturated heterocycles. The Morgan fingerprint density at radius 1 is 0.966 bits per heavy atom. The standard InChI is InChI=1S/C20H33NO6P2/c1-25-20-14-12-17(13-15-20)16-26-28(27-29(22,23)24)21(18-8-4-2-5-9-18)19-10-6-3-7-11-19/h12-15,18-19H,2-11,16H2,1H3,(H2,22,23,24). The van der Waals surface area contributed by atoms with Crippen molar-refractivity contribution in [2.75, 3.05) is 7.11 Å². The number of rotatable bonds is 9. The molecule has 2 fully saturated rings. The van der Waals surface area contributed by atoms with Gasteiger partial charge in [-0.1, -0.05) is 50.7 Å². The summed E-state index contributed by atoms with van der Waals surface area (Å²) < 4.78 is 30.5. The van der Waals surface area contributed by atoms with Gasteiger partial charge < -0.3 is 19.0 Å². The number of hydrogen-bond donors (Lipinski definition) is 2. The van der Waals surface area contributed by atoms with Crippen molar-refractivity contribution in [2.45, 2.75) is 82.9 Å². The molecule has 7 nitrogen and oxygen atoms in total. The third-order valence-corrected chi connectivity index (χ3v) is 8.55. The zero-order chi connectivity index (χ0) is 20.7. The van der Waals surface area contributed by atoms with Crippen LogP contribution in [0.2, 0.25) is 0 Å². The zero-order valence-electron chi connectivity index (χ0n) is 17.1. The van der Waals surface area contributed by atoms with Crippen molar-refractivity contribution in [3.63, 3.8) is 0 Å². The van der Waals surface area contributed by atoms with Gasteiger partial charge in [-0.2, -0.15) is 0 Å². The Morgan fingerprint density at radius 2 is 1.48 bits per heavy atom. The molecule has 3 rings (SSSR count). The second-order valence-corrected chi connectivity index (χ2v) is 10.7. The summed E-state index contributed by atoms with van der Waals surface area (Å²) in [5.74, 6) is 0.758. The lowest BCUT2D eigenvalue weighted by Gasteiger charge is -2.43. The highest BCUT2D eigenvalue weighted by atomic mass is 31.3. The van der Waals surface area contributed by atoms with Crippen molar-refractivity contribution in [3.05, 3.63) is 29.8 Å². The Kier molecular flexibility index (Phi) is 8.94. The van der Waals surface area contributed by atoms with E-state index in [1.165, 1.54) is 12.8 Å². The van der Waals surface area contributed by atoms with Crippen LogP contribution in [0.1, 0.15) is 69.8 Å². The summed E-state index contributed by atoms with van der Waals surface area (Å²) in [5.41, 5.74) is 0.917. The second kappa shape index (κ2) is 11.2. The molecule has 0 radical (unpaired) electrons. The molecule has 0 aromatic heterocycles. The third-order valence-electron chi connectivity index (χ3n) is 5.76. The Labute approximate surface area is 174 Å². The molecule has 29 heavy (non-hydrogen) atoms. The molecular weight excluding hydrogens is 412 g/mol. The molecule has 1 unspecified atom stereocenters. The van der Waals surface area contributed by atoms with Crippen LogP contribution in [0.3, 0.4) is 0 Å². The molecule has 2 aliphatic carbocycles. The average molecular weight is 445 g/mol. The molecule has 0 bridgehead atoms. The monoisotopic (exact) mass is 445 g/mol. The highest BCUT2D eigenvalue weighted by Gasteiger charge is 2.39. The molecular formula is C20H33NO6P2. The molecule has 0 heterocycles. The van der Waals surface area contributed by atoms with Gasteiger partial charge in [0, 0.05) is 12.1 Å². The summed E-state index contributed by atoms with van der Waals surface area (Å²) in [6.45, 7) is 0.242. The van der Waals surface area contributed by atoms with Crippen molar-refractivity contribution in [1.29, 1.82) is 0 Å². The van der Waals surface area contributed by atoms with Crippen LogP contribution in [0, 0.1) is 0 Å². The van der Waals surface area contributed by atoms with E-state index in [9.17, 15) is 14.4 Å². The van der Waals surface area contributed by atoms with Gasteiger partial charge in [-0.3, -0.25) is 0 Å². The van der Waals surface area contributed by atoms with Crippen molar-refractivity contribution in [3.8, 4) is 5.75 Å². The molecule has 0 aliphatic heterocycles. The van der Waals surface area contributed by atoms with Gasteiger partial charge >= 0.3 is 7.82 Å². The van der Waals surface area contributed by atoms with Crippen LogP contribution in [0.5, 0.6) is 5.75 Å². The van der Waals surface area contributed by atoms with Crippen LogP contribution in [0.15, 0.2) is 24.3 Å². The number of ether oxygens (including phenoxy) is 1. The third kappa shape index (κ3) is 7.29. The van der Waals surface area contributed by atoms with E-state index in [4.69, 9.17) is 13.6 Å². The van der Waals surface area contributed by atoms with Crippen LogP contribution in [0.4, 0.5) is 0 Å². The quantitative estimate of drug-likeness (QED) is 0.484. The van der Waals surface area contributed by atoms with Gasteiger partial charge in [0.1, 0.15) is 5.75 Å². The SMILES string of the molecule is COc1ccc(COP(OP(=O)(O)O)N(C2CCCCC2)C2CCCCC2)cc1. The molecule has 2 N–H and O–H groups in total. The lowest BCUT2D eigenvalue weighted by Crippen LogP contribution is -2.42. The van der Waals surface area contributed by atoms with Crippen molar-refractivity contribution in [2.24, 2.45) is 0 Å². The van der Waals surface area contributed by atoms with Gasteiger partial charge in [0.15, 0.2) is 0 Å². The minimum atomic E-state index is -4.67. The largest absolute Gasteiger partial charge is 0.497 e. The maximum atomic E-state index is 11.8. The van der Waals surface area contributed by atoms with Gasteiger partial charge in [-0.25, -0.2) is 13.5 Å². The highest BCUT2D eigenvalue weighted by molar-refractivity contribution is 7.59. The smallest absolute Gasteiger partial charge is 0.475 e. The van der Waals surface area contributed by atoms with E-state index in [0.717, 1.165) is 62.7 Å². The Morgan fingerprint density at radius 3 is 1.93 bits per heavy atom. The topological polar surface area (TPSA) is 88.5 Å². The van der Waals surface area contributed by atoms with Gasteiger partial charge in [0.25, 0.3) is 8.53 Å². The van der Waals surface area contributed by atoms with Crippen molar-refractivity contribution < 1.29 is 27.9 Å². The van der Waals surface area contributed by atoms with E-state index in [1.807, 2.05) is 24.3 Å². The van der Waals surface area contributed by atoms with Gasteiger partial charge in [-0.05, 0) is 43.4 Å². The maximum absolute atomic E-state index is 11.8. The second-order valence-electron chi connectivity index (χ2n) is 7.90. The summed E-state index contributed by atoms with van der Waals surface area (Å²) >= 11 is 0. The predicted octanol–water partition coefficient (Wildman–Crippen LogP) is 5.52. The predicted molar refractivity (Wildman–Crippen MR) is 113 cm³/mol. The first-order valence-electron chi connectivity index (χ1n) is 10.6. The molecule has 2 saturated carbocycles. The van der Waals surface area contributed by atoms with Crippen LogP contribution >= 0.6 is 16.3 Å². The van der Waals surface area contributed by atoms with E-state index >= 15 is 0 Å². The summed E-state index contributed by atoms with van der Waals surface area (Å²) in [5, 5.41) is 0. The fraction of sp³-hybridized carbons (Fsp3) is 0.700. The molecule has 2 aliphatic rings. The van der Waals surface area contributed by atoms with E-state index in [0.29, 0.717) is 0 Å². The van der Waals surface area contributed by atoms with E-state index in [1.54, 1.807) is 7.11 Å². The van der Waals surface area contributed by atoms with Gasteiger partial charge in [-0.15, -0.1) is 0 Å². The number of methoxy groups -OCH3 is 1. The van der Waals surface area contributed by atoms with E-state index in [-0.39, 0.29) is 18.7 Å². The minimum absolute atomic E-state index is 0.242. The molecule has 1 aromatic rings. The van der Waals surface area contributed by atoms with Gasteiger partial charge in [0.05, 0.1) is 13.7 Å². The lowest BCUT2D eigenvalue weighted by atomic mass is 9.91. The average Bonchev–Trinajstić information content (AvgIpc) is 2.73. The first-order valence-corrected chi connectivity index (χ1v) is 13.2. The maximum Gasteiger partial charge on any atom is 0.475 e. The van der Waals surface area contributed by atoms with Crippen LogP contribution < -0.4 is 4.74 Å². The molecule has 1 atom stereocenters. The Balaban J connectivity index is 1.78. The van der Waals surface area contributed by atoms with Crippen molar-refractivity contribution >= 4 is 16.3 Å². The van der Waals surface area contributed by atoms with Crippen molar-refractivity contribution in [1.82, 2.24) is 4.67 Å². The summed E-state index contributed by atoms with van der Waals surface area (Å²) in [6, 6.07) is 8.03. The number of phosphoric acid groups is 1. The summed E-state index contributed by atoms with van der Waals surface area (Å²) in [6.07, 6.45) is 11.2. The van der Waals surface area contributed by atoms with Crippen LogP contribution in [-0.2, 0) is 20.0 Å². The normalized spacial score (nSPS) is 20.7. The van der Waals surface area contributed by atoms with Crippen LogP contribution in [0.25, 0.3) is 0 Å². The minimum Gasteiger partial charge on any atom is -0.497 e. The number of hydrogen-bond acceptors (Lipinski definition) is 5. The Bertz CT molecular complexity index is 637. The van der Waals surface area contributed by atoms with E-state index in [2.05, 4.69) is 4.67 Å².